The van der Waals surface area contributed by atoms with E-state index in [-0.39, 0.29) is 30.7 Å². The predicted molar refractivity (Wildman–Crippen MR) is 83.8 cm³/mol. The van der Waals surface area contributed by atoms with Gasteiger partial charge in [0.25, 0.3) is 0 Å². The van der Waals surface area contributed by atoms with Crippen molar-refractivity contribution in [3.8, 4) is 0 Å². The Morgan fingerprint density at radius 2 is 1.59 bits per heavy atom. The van der Waals surface area contributed by atoms with E-state index in [1.165, 1.54) is 4.90 Å². The lowest BCUT2D eigenvalue weighted by molar-refractivity contribution is -0.152. The number of amides is 1. The molecule has 9 heteroatoms. The zero-order valence-electron chi connectivity index (χ0n) is 12.4. The summed E-state index contributed by atoms with van der Waals surface area (Å²) in [6, 6.07) is 0. The molecule has 2 rings (SSSR count). The van der Waals surface area contributed by atoms with Crippen molar-refractivity contribution in [1.29, 1.82) is 0 Å². The summed E-state index contributed by atoms with van der Waals surface area (Å²) in [6.45, 7) is 2.51. The fraction of sp³-hybridized carbons (Fsp3) is 0.923. The molecule has 132 valence electrons. The summed E-state index contributed by atoms with van der Waals surface area (Å²) in [5.74, 6) is 0.528. The Morgan fingerprint density at radius 1 is 1.05 bits per heavy atom. The van der Waals surface area contributed by atoms with E-state index < -0.39 is 12.7 Å². The first-order valence-electron chi connectivity index (χ1n) is 7.21. The van der Waals surface area contributed by atoms with Crippen LogP contribution in [-0.2, 0) is 4.79 Å². The molecule has 1 amide bonds. The Hall–Kier alpha value is -0.240. The number of rotatable bonds is 3. The summed E-state index contributed by atoms with van der Waals surface area (Å²) in [7, 11) is 0. The largest absolute Gasteiger partial charge is 0.401 e. The first-order valence-corrected chi connectivity index (χ1v) is 7.21. The summed E-state index contributed by atoms with van der Waals surface area (Å²) in [6.07, 6.45) is -1.58. The molecular formula is C13H24Cl2F3N3O. The van der Waals surface area contributed by atoms with E-state index in [9.17, 15) is 18.0 Å². The van der Waals surface area contributed by atoms with Crippen LogP contribution in [0.3, 0.4) is 0 Å². The topological polar surface area (TPSA) is 35.6 Å². The van der Waals surface area contributed by atoms with Gasteiger partial charge >= 0.3 is 6.18 Å². The van der Waals surface area contributed by atoms with E-state index in [2.05, 4.69) is 5.32 Å². The van der Waals surface area contributed by atoms with Gasteiger partial charge in [0.05, 0.1) is 6.54 Å². The Balaban J connectivity index is 0.00000220. The number of halogens is 5. The first-order chi connectivity index (χ1) is 9.44. The van der Waals surface area contributed by atoms with Gasteiger partial charge in [-0.2, -0.15) is 13.2 Å². The van der Waals surface area contributed by atoms with Crippen LogP contribution < -0.4 is 5.32 Å². The number of carbonyl (C=O) groups is 1. The molecule has 0 atom stereocenters. The molecule has 2 aliphatic heterocycles. The highest BCUT2D eigenvalue weighted by Crippen LogP contribution is 2.20. The van der Waals surface area contributed by atoms with Gasteiger partial charge in [-0.05, 0) is 31.8 Å². The van der Waals surface area contributed by atoms with Gasteiger partial charge in [0.15, 0.2) is 0 Å². The van der Waals surface area contributed by atoms with E-state index in [0.29, 0.717) is 38.5 Å². The van der Waals surface area contributed by atoms with Gasteiger partial charge in [-0.25, -0.2) is 0 Å². The monoisotopic (exact) mass is 365 g/mol. The maximum Gasteiger partial charge on any atom is 0.401 e. The molecule has 4 nitrogen and oxygen atoms in total. The third-order valence-corrected chi connectivity index (χ3v) is 4.05. The molecule has 0 aliphatic carbocycles. The number of nitrogens with one attached hydrogen (secondary N) is 1. The van der Waals surface area contributed by atoms with Crippen molar-refractivity contribution in [2.75, 3.05) is 45.8 Å². The lowest BCUT2D eigenvalue weighted by Crippen LogP contribution is -2.51. The minimum absolute atomic E-state index is 0. The van der Waals surface area contributed by atoms with Crippen molar-refractivity contribution in [3.63, 3.8) is 0 Å². The van der Waals surface area contributed by atoms with E-state index in [4.69, 9.17) is 0 Å². The minimum Gasteiger partial charge on any atom is -0.340 e. The van der Waals surface area contributed by atoms with Crippen molar-refractivity contribution >= 4 is 30.7 Å². The number of hydrogen-bond donors (Lipinski definition) is 1. The molecule has 1 N–H and O–H groups in total. The molecule has 22 heavy (non-hydrogen) atoms. The first kappa shape index (κ1) is 21.8. The Morgan fingerprint density at radius 3 is 2.09 bits per heavy atom. The van der Waals surface area contributed by atoms with Crippen LogP contribution in [0, 0.1) is 5.92 Å². The van der Waals surface area contributed by atoms with Gasteiger partial charge in [0.1, 0.15) is 0 Å². The zero-order chi connectivity index (χ0) is 14.6. The minimum atomic E-state index is -4.15. The van der Waals surface area contributed by atoms with Crippen LogP contribution >= 0.6 is 24.8 Å². The van der Waals surface area contributed by atoms with Crippen molar-refractivity contribution in [2.24, 2.45) is 5.92 Å². The van der Waals surface area contributed by atoms with Crippen molar-refractivity contribution in [3.05, 3.63) is 0 Å². The average molecular weight is 366 g/mol. The number of hydrogen-bond acceptors (Lipinski definition) is 3. The molecule has 2 heterocycles. The van der Waals surface area contributed by atoms with Gasteiger partial charge in [-0.3, -0.25) is 9.69 Å². The molecule has 2 saturated heterocycles. The maximum atomic E-state index is 12.3. The van der Waals surface area contributed by atoms with E-state index in [0.717, 1.165) is 25.9 Å². The maximum absolute atomic E-state index is 12.3. The Labute approximate surface area is 141 Å². The van der Waals surface area contributed by atoms with E-state index >= 15 is 0 Å². The van der Waals surface area contributed by atoms with Crippen LogP contribution in [0.5, 0.6) is 0 Å². The Kier molecular flexibility index (Phi) is 9.69. The third kappa shape index (κ3) is 7.35. The van der Waals surface area contributed by atoms with E-state index in [1.54, 1.807) is 4.90 Å². The fourth-order valence-corrected chi connectivity index (χ4v) is 2.87. The lowest BCUT2D eigenvalue weighted by atomic mass is 9.94. The molecule has 0 aromatic rings. The highest BCUT2D eigenvalue weighted by molar-refractivity contribution is 5.85. The van der Waals surface area contributed by atoms with Crippen molar-refractivity contribution in [1.82, 2.24) is 15.1 Å². The summed E-state index contributed by atoms with van der Waals surface area (Å²) >= 11 is 0. The van der Waals surface area contributed by atoms with Gasteiger partial charge in [-0.1, -0.05) is 0 Å². The van der Waals surface area contributed by atoms with Gasteiger partial charge < -0.3 is 10.2 Å². The van der Waals surface area contributed by atoms with E-state index in [1.807, 2.05) is 0 Å². The number of alkyl halides is 3. The van der Waals surface area contributed by atoms with Crippen LogP contribution in [-0.4, -0.2) is 67.7 Å². The summed E-state index contributed by atoms with van der Waals surface area (Å²) < 4.78 is 36.8. The van der Waals surface area contributed by atoms with Crippen molar-refractivity contribution < 1.29 is 18.0 Å². The van der Waals surface area contributed by atoms with Crippen LogP contribution in [0.25, 0.3) is 0 Å². The fourth-order valence-electron chi connectivity index (χ4n) is 2.87. The number of piperidine rings is 1. The summed E-state index contributed by atoms with van der Waals surface area (Å²) in [5, 5.41) is 3.26. The molecule has 2 aliphatic rings. The molecule has 0 aromatic heterocycles. The zero-order valence-corrected chi connectivity index (χ0v) is 14.0. The normalized spacial score (nSPS) is 21.0. The lowest BCUT2D eigenvalue weighted by Gasteiger charge is -2.36. The average Bonchev–Trinajstić information content (AvgIpc) is 2.39. The molecule has 0 aromatic carbocycles. The Bertz CT molecular complexity index is 331. The molecule has 0 spiro atoms. The predicted octanol–water partition coefficient (Wildman–Crippen LogP) is 1.93. The highest BCUT2D eigenvalue weighted by Gasteiger charge is 2.33. The molecular weight excluding hydrogens is 342 g/mol. The summed E-state index contributed by atoms with van der Waals surface area (Å²) in [4.78, 5) is 15.2. The second-order valence-electron chi connectivity index (χ2n) is 5.67. The molecule has 0 saturated carbocycles. The SMILES string of the molecule is Cl.Cl.O=C(CC1CCNCC1)N1CCN(CC(F)(F)F)CC1. The van der Waals surface area contributed by atoms with Crippen LogP contribution in [0.15, 0.2) is 0 Å². The third-order valence-electron chi connectivity index (χ3n) is 4.05. The van der Waals surface area contributed by atoms with Crippen LogP contribution in [0.4, 0.5) is 13.2 Å². The van der Waals surface area contributed by atoms with Gasteiger partial charge in [0.2, 0.25) is 5.91 Å². The van der Waals surface area contributed by atoms with Crippen LogP contribution in [0.1, 0.15) is 19.3 Å². The van der Waals surface area contributed by atoms with Gasteiger partial charge in [-0.15, -0.1) is 24.8 Å². The number of piperazine rings is 1. The molecule has 0 radical (unpaired) electrons. The quantitative estimate of drug-likeness (QED) is 0.829. The smallest absolute Gasteiger partial charge is 0.340 e. The molecule has 0 bridgehead atoms. The number of nitrogens with zero attached hydrogens (tertiary/aromatic N) is 2. The standard InChI is InChI=1S/C13H22F3N3O.2ClH/c14-13(15,16)10-18-5-7-19(8-6-18)12(20)9-11-1-3-17-4-2-11;;/h11,17H,1-10H2;2*1H. The second kappa shape index (κ2) is 9.80. The molecule has 0 unspecified atom stereocenters. The number of carbonyl (C=O) groups excluding carboxylic acids is 1. The highest BCUT2D eigenvalue weighted by atomic mass is 35.5. The van der Waals surface area contributed by atoms with Crippen LogP contribution in [0.2, 0.25) is 0 Å². The molecule has 2 fully saturated rings. The van der Waals surface area contributed by atoms with Gasteiger partial charge in [0, 0.05) is 32.6 Å². The second-order valence-corrected chi connectivity index (χ2v) is 5.67. The van der Waals surface area contributed by atoms with Crippen molar-refractivity contribution in [2.45, 2.75) is 25.4 Å². The summed E-state index contributed by atoms with van der Waals surface area (Å²) in [5.41, 5.74) is 0.